The topological polar surface area (TPSA) is 68.1 Å². The fraction of sp³-hybridized carbons (Fsp3) is 0.471. The molecule has 0 bridgehead atoms. The number of hydrogen-bond acceptors (Lipinski definition) is 4. The van der Waals surface area contributed by atoms with Gasteiger partial charge in [-0.25, -0.2) is 4.90 Å². The van der Waals surface area contributed by atoms with Crippen molar-refractivity contribution in [2.24, 2.45) is 5.92 Å². The third kappa shape index (κ3) is 3.52. The number of likely N-dealkylation sites (tertiary alicyclic amines) is 1. The molecule has 3 rings (SSSR count). The molecule has 0 saturated carbocycles. The molecule has 1 aromatic rings. The van der Waals surface area contributed by atoms with Gasteiger partial charge in [-0.1, -0.05) is 23.2 Å². The standard InChI is InChI=1S/C17H18Cl2N2O4/c1-25-17(24)10-4-6-20(7-5-10)14-9-15(22)21(16(14)23)11-2-3-12(18)13(19)8-11/h2-3,8,10,14H,4-7,9H2,1H3/p+1/t14-/m1/s1. The van der Waals surface area contributed by atoms with Crippen LogP contribution in [-0.2, 0) is 19.1 Å². The Bertz CT molecular complexity index is 717. The number of carbonyl (C=O) groups excluding carboxylic acids is 3. The number of nitrogens with zero attached hydrogens (tertiary/aromatic N) is 1. The van der Waals surface area contributed by atoms with E-state index in [-0.39, 0.29) is 30.1 Å². The zero-order valence-corrected chi connectivity index (χ0v) is 15.3. The van der Waals surface area contributed by atoms with E-state index in [0.29, 0.717) is 41.7 Å². The Morgan fingerprint density at radius 2 is 1.88 bits per heavy atom. The zero-order chi connectivity index (χ0) is 18.1. The van der Waals surface area contributed by atoms with E-state index in [2.05, 4.69) is 0 Å². The Hall–Kier alpha value is -1.63. The number of hydrogen-bond donors (Lipinski definition) is 1. The van der Waals surface area contributed by atoms with Crippen molar-refractivity contribution in [1.29, 1.82) is 0 Å². The van der Waals surface area contributed by atoms with Gasteiger partial charge in [-0.15, -0.1) is 0 Å². The molecule has 8 heteroatoms. The van der Waals surface area contributed by atoms with Crippen LogP contribution in [0.4, 0.5) is 5.69 Å². The SMILES string of the molecule is COC(=O)C1CC[NH+]([C@@H]2CC(=O)N(c3ccc(Cl)c(Cl)c3)C2=O)CC1. The minimum absolute atomic E-state index is 0.118. The molecular weight excluding hydrogens is 367 g/mol. The summed E-state index contributed by atoms with van der Waals surface area (Å²) in [6.07, 6.45) is 1.48. The van der Waals surface area contributed by atoms with Crippen LogP contribution in [0, 0.1) is 5.92 Å². The molecule has 1 aromatic carbocycles. The highest BCUT2D eigenvalue weighted by Crippen LogP contribution is 2.30. The van der Waals surface area contributed by atoms with E-state index < -0.39 is 6.04 Å². The number of amides is 2. The van der Waals surface area contributed by atoms with E-state index in [1.165, 1.54) is 18.1 Å². The smallest absolute Gasteiger partial charge is 0.309 e. The van der Waals surface area contributed by atoms with Gasteiger partial charge in [-0.2, -0.15) is 0 Å². The number of methoxy groups -OCH3 is 1. The Labute approximate surface area is 155 Å². The van der Waals surface area contributed by atoms with Crippen molar-refractivity contribution >= 4 is 46.7 Å². The first kappa shape index (κ1) is 18.2. The van der Waals surface area contributed by atoms with Crippen molar-refractivity contribution in [2.75, 3.05) is 25.1 Å². The number of imide groups is 1. The monoisotopic (exact) mass is 385 g/mol. The number of piperidine rings is 1. The van der Waals surface area contributed by atoms with Gasteiger partial charge in [-0.05, 0) is 18.2 Å². The van der Waals surface area contributed by atoms with Gasteiger partial charge >= 0.3 is 5.97 Å². The number of rotatable bonds is 3. The lowest BCUT2D eigenvalue weighted by Gasteiger charge is -2.30. The summed E-state index contributed by atoms with van der Waals surface area (Å²) in [7, 11) is 1.38. The van der Waals surface area contributed by atoms with E-state index in [4.69, 9.17) is 27.9 Å². The number of ether oxygens (including phenoxy) is 1. The molecule has 1 N–H and O–H groups in total. The van der Waals surface area contributed by atoms with E-state index in [9.17, 15) is 14.4 Å². The summed E-state index contributed by atoms with van der Waals surface area (Å²) in [5.41, 5.74) is 0.441. The number of benzene rings is 1. The number of nitrogens with one attached hydrogen (secondary N) is 1. The zero-order valence-electron chi connectivity index (χ0n) is 13.8. The highest BCUT2D eigenvalue weighted by molar-refractivity contribution is 6.42. The molecule has 25 heavy (non-hydrogen) atoms. The molecular formula is C17H19Cl2N2O4+. The lowest BCUT2D eigenvalue weighted by molar-refractivity contribution is -0.920. The Kier molecular flexibility index (Phi) is 5.32. The van der Waals surface area contributed by atoms with Crippen molar-refractivity contribution in [3.05, 3.63) is 28.2 Å². The Morgan fingerprint density at radius 3 is 2.48 bits per heavy atom. The molecule has 2 aliphatic rings. The maximum absolute atomic E-state index is 12.8. The van der Waals surface area contributed by atoms with Crippen LogP contribution in [0.3, 0.4) is 0 Å². The Morgan fingerprint density at radius 1 is 1.20 bits per heavy atom. The lowest BCUT2D eigenvalue weighted by Crippen LogP contribution is -3.17. The molecule has 0 aliphatic carbocycles. The van der Waals surface area contributed by atoms with Crippen LogP contribution in [0.5, 0.6) is 0 Å². The molecule has 0 aromatic heterocycles. The molecule has 2 amide bonds. The van der Waals surface area contributed by atoms with E-state index in [1.807, 2.05) is 0 Å². The van der Waals surface area contributed by atoms with Crippen molar-refractivity contribution in [3.63, 3.8) is 0 Å². The number of halogens is 2. The fourth-order valence-corrected chi connectivity index (χ4v) is 3.88. The predicted octanol–water partition coefficient (Wildman–Crippen LogP) is 1.09. The average Bonchev–Trinajstić information content (AvgIpc) is 2.91. The number of carbonyl (C=O) groups is 3. The van der Waals surface area contributed by atoms with Gasteiger partial charge in [0, 0.05) is 12.8 Å². The molecule has 0 spiro atoms. The number of esters is 1. The van der Waals surface area contributed by atoms with Crippen molar-refractivity contribution < 1.29 is 24.0 Å². The van der Waals surface area contributed by atoms with Gasteiger partial charge in [0.2, 0.25) is 5.91 Å². The van der Waals surface area contributed by atoms with Crippen molar-refractivity contribution in [1.82, 2.24) is 0 Å². The normalized spacial score (nSPS) is 26.8. The maximum Gasteiger partial charge on any atom is 0.309 e. The molecule has 2 fully saturated rings. The van der Waals surface area contributed by atoms with Crippen LogP contribution in [0.2, 0.25) is 10.0 Å². The first-order chi connectivity index (χ1) is 11.9. The summed E-state index contributed by atoms with van der Waals surface area (Å²) in [6, 6.07) is 4.30. The second-order valence-corrected chi connectivity index (χ2v) is 7.19. The summed E-state index contributed by atoms with van der Waals surface area (Å²) in [4.78, 5) is 39.0. The van der Waals surface area contributed by atoms with E-state index >= 15 is 0 Å². The van der Waals surface area contributed by atoms with Crippen LogP contribution in [0.25, 0.3) is 0 Å². The predicted molar refractivity (Wildman–Crippen MR) is 92.8 cm³/mol. The highest BCUT2D eigenvalue weighted by atomic mass is 35.5. The van der Waals surface area contributed by atoms with Gasteiger partial charge in [-0.3, -0.25) is 14.4 Å². The second-order valence-electron chi connectivity index (χ2n) is 6.38. The van der Waals surface area contributed by atoms with Crippen LogP contribution in [0.15, 0.2) is 18.2 Å². The van der Waals surface area contributed by atoms with Crippen LogP contribution >= 0.6 is 23.2 Å². The first-order valence-electron chi connectivity index (χ1n) is 8.16. The Balaban J connectivity index is 1.71. The van der Waals surface area contributed by atoms with Crippen molar-refractivity contribution in [3.8, 4) is 0 Å². The molecule has 2 heterocycles. The lowest BCUT2D eigenvalue weighted by atomic mass is 9.95. The summed E-state index contributed by atoms with van der Waals surface area (Å²) in [6.45, 7) is 1.33. The highest BCUT2D eigenvalue weighted by Gasteiger charge is 2.47. The summed E-state index contributed by atoms with van der Waals surface area (Å²) >= 11 is 11.9. The number of quaternary nitrogens is 1. The largest absolute Gasteiger partial charge is 0.469 e. The van der Waals surface area contributed by atoms with Crippen LogP contribution < -0.4 is 9.80 Å². The molecule has 1 atom stereocenters. The summed E-state index contributed by atoms with van der Waals surface area (Å²) < 4.78 is 4.78. The average molecular weight is 386 g/mol. The third-order valence-corrected chi connectivity index (χ3v) is 5.70. The van der Waals surface area contributed by atoms with E-state index in [1.54, 1.807) is 12.1 Å². The minimum atomic E-state index is -0.416. The summed E-state index contributed by atoms with van der Waals surface area (Å²) in [5.74, 6) is -0.789. The van der Waals surface area contributed by atoms with Gasteiger partial charge < -0.3 is 9.64 Å². The first-order valence-corrected chi connectivity index (χ1v) is 8.92. The maximum atomic E-state index is 12.8. The van der Waals surface area contributed by atoms with Crippen LogP contribution in [-0.4, -0.2) is 44.0 Å². The fourth-order valence-electron chi connectivity index (χ4n) is 3.59. The number of anilines is 1. The molecule has 134 valence electrons. The molecule has 2 aliphatic heterocycles. The van der Waals surface area contributed by atoms with Gasteiger partial charge in [0.15, 0.2) is 6.04 Å². The molecule has 0 radical (unpaired) electrons. The molecule has 0 unspecified atom stereocenters. The van der Waals surface area contributed by atoms with Crippen molar-refractivity contribution in [2.45, 2.75) is 25.3 Å². The minimum Gasteiger partial charge on any atom is -0.469 e. The third-order valence-electron chi connectivity index (χ3n) is 4.96. The van der Waals surface area contributed by atoms with Gasteiger partial charge in [0.1, 0.15) is 0 Å². The quantitative estimate of drug-likeness (QED) is 0.624. The van der Waals surface area contributed by atoms with Crippen LogP contribution in [0.1, 0.15) is 19.3 Å². The molecule has 2 saturated heterocycles. The van der Waals surface area contributed by atoms with E-state index in [0.717, 1.165) is 4.90 Å². The van der Waals surface area contributed by atoms with Gasteiger partial charge in [0.25, 0.3) is 5.91 Å². The second kappa shape index (κ2) is 7.32. The summed E-state index contributed by atoms with van der Waals surface area (Å²) in [5, 5.41) is 0.672. The molecule has 6 nitrogen and oxygen atoms in total. The van der Waals surface area contributed by atoms with Gasteiger partial charge in [0.05, 0.1) is 48.3 Å².